The van der Waals surface area contributed by atoms with Crippen molar-refractivity contribution in [1.29, 1.82) is 0 Å². The molecule has 0 atom stereocenters. The van der Waals surface area contributed by atoms with Gasteiger partial charge in [0.1, 0.15) is 0 Å². The zero-order valence-electron chi connectivity index (χ0n) is 17.8. The minimum Gasteiger partial charge on any atom is -0.0622 e. The summed E-state index contributed by atoms with van der Waals surface area (Å²) >= 11 is 0. The van der Waals surface area contributed by atoms with Gasteiger partial charge in [0.25, 0.3) is 0 Å². The monoisotopic (exact) mass is 406 g/mol. The summed E-state index contributed by atoms with van der Waals surface area (Å²) in [4.78, 5) is 0. The van der Waals surface area contributed by atoms with Crippen molar-refractivity contribution in [3.8, 4) is 11.1 Å². The highest BCUT2D eigenvalue weighted by atomic mass is 14.3. The third kappa shape index (κ3) is 2.50. The molecule has 0 amide bonds. The summed E-state index contributed by atoms with van der Waals surface area (Å²) in [6, 6.07) is 40.2. The third-order valence-electron chi connectivity index (χ3n) is 7.14. The second kappa shape index (κ2) is 6.80. The Morgan fingerprint density at radius 2 is 1.00 bits per heavy atom. The summed E-state index contributed by atoms with van der Waals surface area (Å²) in [6.07, 6.45) is 1.96. The second-order valence-electron chi connectivity index (χ2n) is 8.89. The molecule has 0 unspecified atom stereocenters. The Balaban J connectivity index is 1.58. The maximum atomic E-state index is 2.48. The first-order valence-corrected chi connectivity index (χ1v) is 11.4. The van der Waals surface area contributed by atoms with E-state index in [1.807, 2.05) is 0 Å². The van der Waals surface area contributed by atoms with E-state index in [4.69, 9.17) is 0 Å². The van der Waals surface area contributed by atoms with Crippen molar-refractivity contribution in [3.63, 3.8) is 0 Å². The van der Waals surface area contributed by atoms with Crippen LogP contribution in [0.1, 0.15) is 22.3 Å². The predicted octanol–water partition coefficient (Wildman–Crippen LogP) is 8.31. The maximum Gasteiger partial charge on any atom is -0.0000881 e. The van der Waals surface area contributed by atoms with E-state index in [1.54, 1.807) is 0 Å². The molecule has 0 radical (unpaired) electrons. The minimum absolute atomic E-state index is 0.954. The second-order valence-corrected chi connectivity index (χ2v) is 8.89. The molecular formula is C32H22. The number of hydrogen-bond acceptors (Lipinski definition) is 0. The molecule has 32 heavy (non-hydrogen) atoms. The van der Waals surface area contributed by atoms with Crippen LogP contribution < -0.4 is 0 Å². The van der Waals surface area contributed by atoms with Gasteiger partial charge in [-0.05, 0) is 84.6 Å². The lowest BCUT2D eigenvalue weighted by molar-refractivity contribution is 1.21. The van der Waals surface area contributed by atoms with E-state index < -0.39 is 0 Å². The molecule has 7 rings (SSSR count). The number of benzene rings is 6. The Kier molecular flexibility index (Phi) is 3.77. The molecule has 0 fully saturated rings. The summed E-state index contributed by atoms with van der Waals surface area (Å²) in [7, 11) is 0. The average Bonchev–Trinajstić information content (AvgIpc) is 3.25. The van der Waals surface area contributed by atoms with Crippen LogP contribution in [0.25, 0.3) is 43.4 Å². The average molecular weight is 407 g/mol. The fourth-order valence-corrected chi connectivity index (χ4v) is 5.77. The van der Waals surface area contributed by atoms with Gasteiger partial charge in [0, 0.05) is 0 Å². The maximum absolute atomic E-state index is 2.48. The third-order valence-corrected chi connectivity index (χ3v) is 7.14. The van der Waals surface area contributed by atoms with Gasteiger partial charge in [-0.1, -0.05) is 103 Å². The molecule has 150 valence electrons. The van der Waals surface area contributed by atoms with E-state index >= 15 is 0 Å². The number of rotatable bonds is 2. The normalized spacial score (nSPS) is 12.4. The number of fused-ring (bicyclic) bond motifs is 10. The molecule has 0 heterocycles. The van der Waals surface area contributed by atoms with Crippen LogP contribution in [0.4, 0.5) is 0 Å². The van der Waals surface area contributed by atoms with E-state index in [2.05, 4.69) is 109 Å². The largest absolute Gasteiger partial charge is 0.0622 e. The summed E-state index contributed by atoms with van der Waals surface area (Å²) in [5.74, 6) is 0. The fourth-order valence-electron chi connectivity index (χ4n) is 5.77. The van der Waals surface area contributed by atoms with Gasteiger partial charge in [-0.15, -0.1) is 0 Å². The van der Waals surface area contributed by atoms with Crippen molar-refractivity contribution in [3.05, 3.63) is 131 Å². The standard InChI is InChI=1S/C32H22/c1-2-10-21(11-3-1)18-22-19-30-29(24-13-5-4-12-23(22)24)20-31-27-16-7-6-14-25(27)26-15-8-9-17-28(26)32(30)31/h1-17,19H,18,20H2. The molecule has 0 nitrogen and oxygen atoms in total. The Morgan fingerprint density at radius 1 is 0.469 bits per heavy atom. The van der Waals surface area contributed by atoms with E-state index in [0.29, 0.717) is 0 Å². The van der Waals surface area contributed by atoms with Crippen LogP contribution in [0.5, 0.6) is 0 Å². The Morgan fingerprint density at radius 3 is 1.72 bits per heavy atom. The molecule has 0 aliphatic heterocycles. The van der Waals surface area contributed by atoms with Crippen LogP contribution >= 0.6 is 0 Å². The van der Waals surface area contributed by atoms with Gasteiger partial charge in [0.2, 0.25) is 0 Å². The molecule has 0 aromatic heterocycles. The molecule has 0 N–H and O–H groups in total. The molecule has 0 heteroatoms. The quantitative estimate of drug-likeness (QED) is 0.253. The highest BCUT2D eigenvalue weighted by Gasteiger charge is 2.26. The first-order valence-electron chi connectivity index (χ1n) is 11.4. The molecule has 1 aliphatic carbocycles. The van der Waals surface area contributed by atoms with Crippen LogP contribution in [0.3, 0.4) is 0 Å². The van der Waals surface area contributed by atoms with Gasteiger partial charge in [0.15, 0.2) is 0 Å². The lowest BCUT2D eigenvalue weighted by Crippen LogP contribution is -1.93. The van der Waals surface area contributed by atoms with E-state index in [9.17, 15) is 0 Å². The summed E-state index contributed by atoms with van der Waals surface area (Å²) < 4.78 is 0. The Hall–Kier alpha value is -3.90. The van der Waals surface area contributed by atoms with Crippen molar-refractivity contribution in [1.82, 2.24) is 0 Å². The summed E-state index contributed by atoms with van der Waals surface area (Å²) in [6.45, 7) is 0. The van der Waals surface area contributed by atoms with Crippen LogP contribution in [-0.2, 0) is 12.8 Å². The van der Waals surface area contributed by atoms with E-state index in [0.717, 1.165) is 12.8 Å². The van der Waals surface area contributed by atoms with Crippen molar-refractivity contribution >= 4 is 32.3 Å². The smallest absolute Gasteiger partial charge is 0.0000881 e. The van der Waals surface area contributed by atoms with Crippen LogP contribution in [-0.4, -0.2) is 0 Å². The first kappa shape index (κ1) is 17.7. The van der Waals surface area contributed by atoms with E-state index in [1.165, 1.54) is 65.7 Å². The molecule has 0 spiro atoms. The van der Waals surface area contributed by atoms with Crippen LogP contribution in [0, 0.1) is 0 Å². The lowest BCUT2D eigenvalue weighted by atomic mass is 9.89. The highest BCUT2D eigenvalue weighted by molar-refractivity contribution is 6.18. The van der Waals surface area contributed by atoms with Gasteiger partial charge < -0.3 is 0 Å². The van der Waals surface area contributed by atoms with Gasteiger partial charge in [0.05, 0.1) is 0 Å². The van der Waals surface area contributed by atoms with E-state index in [-0.39, 0.29) is 0 Å². The van der Waals surface area contributed by atoms with Crippen molar-refractivity contribution in [2.45, 2.75) is 12.8 Å². The fraction of sp³-hybridized carbons (Fsp3) is 0.0625. The van der Waals surface area contributed by atoms with Gasteiger partial charge in [-0.2, -0.15) is 0 Å². The van der Waals surface area contributed by atoms with Crippen molar-refractivity contribution in [2.24, 2.45) is 0 Å². The molecule has 1 aliphatic rings. The van der Waals surface area contributed by atoms with Gasteiger partial charge in [-0.25, -0.2) is 0 Å². The molecule has 0 saturated carbocycles. The molecule has 6 aromatic carbocycles. The topological polar surface area (TPSA) is 0 Å². The van der Waals surface area contributed by atoms with Crippen LogP contribution in [0.15, 0.2) is 109 Å². The molecule has 6 aromatic rings. The SMILES string of the molecule is c1ccc(Cc2cc3c(c4ccccc24)Cc2c-3c3ccccc3c3ccccc23)cc1. The van der Waals surface area contributed by atoms with Gasteiger partial charge in [-0.3, -0.25) is 0 Å². The predicted molar refractivity (Wildman–Crippen MR) is 136 cm³/mol. The van der Waals surface area contributed by atoms with Crippen LogP contribution in [0.2, 0.25) is 0 Å². The van der Waals surface area contributed by atoms with Gasteiger partial charge >= 0.3 is 0 Å². The Labute approximate surface area is 187 Å². The van der Waals surface area contributed by atoms with Crippen molar-refractivity contribution in [2.75, 3.05) is 0 Å². The Bertz CT molecular complexity index is 1660. The molecule has 0 saturated heterocycles. The van der Waals surface area contributed by atoms with Crippen molar-refractivity contribution < 1.29 is 0 Å². The molecular weight excluding hydrogens is 384 g/mol. The first-order chi connectivity index (χ1) is 15.9. The molecule has 0 bridgehead atoms. The number of hydrogen-bond donors (Lipinski definition) is 0. The summed E-state index contributed by atoms with van der Waals surface area (Å²) in [5.41, 5.74) is 8.60. The zero-order chi connectivity index (χ0) is 21.1. The summed E-state index contributed by atoms with van der Waals surface area (Å²) in [5, 5.41) is 8.28. The zero-order valence-corrected chi connectivity index (χ0v) is 17.8. The minimum atomic E-state index is 0.954. The highest BCUT2D eigenvalue weighted by Crippen LogP contribution is 2.48. The lowest BCUT2D eigenvalue weighted by Gasteiger charge is -2.14.